The maximum Gasteiger partial charge on any atom is 0.147 e. The van der Waals surface area contributed by atoms with Gasteiger partial charge >= 0.3 is 0 Å². The number of pyridine rings is 1. The minimum absolute atomic E-state index is 0.142. The molecule has 3 aliphatic heterocycles. The second kappa shape index (κ2) is 29.0. The van der Waals surface area contributed by atoms with Crippen molar-refractivity contribution in [3.8, 4) is 23.0 Å². The summed E-state index contributed by atoms with van der Waals surface area (Å²) in [6, 6.07) is 25.8. The molecule has 78 heavy (non-hydrogen) atoms. The maximum absolute atomic E-state index is 7.31. The van der Waals surface area contributed by atoms with Crippen LogP contribution in [0.4, 0.5) is 0 Å². The van der Waals surface area contributed by atoms with Gasteiger partial charge in [0.05, 0.1) is 77.0 Å². The smallest absolute Gasteiger partial charge is 0.147 e. The fraction of sp³-hybridized carbons (Fsp3) is 0.567. The molecule has 0 atom stereocenters. The van der Waals surface area contributed by atoms with Crippen LogP contribution in [0.15, 0.2) is 106 Å². The molecule has 1 aromatic heterocycles. The van der Waals surface area contributed by atoms with E-state index in [0.29, 0.717) is 26.4 Å². The summed E-state index contributed by atoms with van der Waals surface area (Å²) < 4.78 is 29.2. The zero-order chi connectivity index (χ0) is 56.1. The summed E-state index contributed by atoms with van der Waals surface area (Å²) in [4.78, 5) is 13.9. The summed E-state index contributed by atoms with van der Waals surface area (Å²) in [6.07, 6.45) is 14.4. The van der Waals surface area contributed by atoms with E-state index in [-0.39, 0.29) is 21.7 Å². The van der Waals surface area contributed by atoms with E-state index < -0.39 is 0 Å². The lowest BCUT2D eigenvalue weighted by Crippen LogP contribution is -2.14. The van der Waals surface area contributed by atoms with Gasteiger partial charge in [-0.3, -0.25) is 4.98 Å². The fourth-order valence-corrected chi connectivity index (χ4v) is 15.5. The summed E-state index contributed by atoms with van der Waals surface area (Å²) >= 11 is 11.0. The van der Waals surface area contributed by atoms with E-state index >= 15 is 0 Å². The zero-order valence-electron chi connectivity index (χ0n) is 50.0. The molecule has 0 radical (unpaired) electrons. The predicted molar refractivity (Wildman–Crippen MR) is 342 cm³/mol. The Kier molecular flexibility index (Phi) is 23.4. The van der Waals surface area contributed by atoms with E-state index in [1.165, 1.54) is 73.6 Å². The quantitative estimate of drug-likeness (QED) is 0.0871. The number of rotatable bonds is 16. The summed E-state index contributed by atoms with van der Waals surface area (Å²) in [6.45, 7) is 35.0. The minimum Gasteiger partial charge on any atom is -0.491 e. The average Bonchev–Trinajstić information content (AvgIpc) is 3.41. The monoisotopic (exact) mass is 1170 g/mol. The predicted octanol–water partition coefficient (Wildman–Crippen LogP) is 21.6. The van der Waals surface area contributed by atoms with Crippen LogP contribution >= 0.6 is 70.6 Å². The van der Waals surface area contributed by atoms with Crippen LogP contribution in [0.5, 0.6) is 23.0 Å². The van der Waals surface area contributed by atoms with Crippen molar-refractivity contribution in [2.45, 2.75) is 246 Å². The molecule has 5 nitrogen and oxygen atoms in total. The Bertz CT molecular complexity index is 2470. The van der Waals surface area contributed by atoms with Crippen LogP contribution in [0.2, 0.25) is 0 Å². The summed E-state index contributed by atoms with van der Waals surface area (Å²) in [5.74, 6) is 7.00. The van der Waals surface area contributed by atoms with Gasteiger partial charge in [0, 0.05) is 23.0 Å². The Hall–Kier alpha value is -2.67. The number of benzene rings is 4. The van der Waals surface area contributed by atoms with Crippen molar-refractivity contribution in [3.05, 3.63) is 100 Å². The van der Waals surface area contributed by atoms with Gasteiger partial charge in [-0.25, -0.2) is 0 Å². The Morgan fingerprint density at radius 2 is 0.705 bits per heavy atom. The number of thioether (sulfide) groups is 2. The molecule has 0 unspecified atom stereocenters. The molecule has 0 amide bonds. The number of nitrogens with zero attached hydrogens (tertiary/aromatic N) is 1. The minimum atomic E-state index is -0.150. The first-order valence-corrected chi connectivity index (χ1v) is 34.8. The first-order valence-electron chi connectivity index (χ1n) is 29.2. The third-order valence-corrected chi connectivity index (χ3v) is 20.3. The molecule has 0 fully saturated rings. The number of hydrogen-bond acceptors (Lipinski definition) is 11. The highest BCUT2D eigenvalue weighted by molar-refractivity contribution is 8.01. The van der Waals surface area contributed by atoms with Crippen molar-refractivity contribution in [2.75, 3.05) is 37.9 Å². The van der Waals surface area contributed by atoms with Crippen LogP contribution in [0.1, 0.15) is 208 Å². The Morgan fingerprint density at radius 3 is 1.01 bits per heavy atom. The van der Waals surface area contributed by atoms with Crippen LogP contribution < -0.4 is 18.9 Å². The van der Waals surface area contributed by atoms with Crippen molar-refractivity contribution in [1.29, 1.82) is 0 Å². The summed E-state index contributed by atoms with van der Waals surface area (Å²) in [5, 5.41) is 0. The molecule has 3 aliphatic rings. The van der Waals surface area contributed by atoms with Gasteiger partial charge in [0.1, 0.15) is 23.0 Å². The normalized spacial score (nSPS) is 14.8. The molecule has 11 heteroatoms. The third-order valence-electron chi connectivity index (χ3n) is 14.2. The van der Waals surface area contributed by atoms with E-state index in [9.17, 15) is 0 Å². The Labute approximate surface area is 498 Å². The van der Waals surface area contributed by atoms with Crippen molar-refractivity contribution < 1.29 is 18.9 Å². The van der Waals surface area contributed by atoms with Crippen LogP contribution in [0, 0.1) is 0 Å². The topological polar surface area (TPSA) is 49.8 Å². The molecule has 426 valence electrons. The number of fused-ring (bicyclic) bond motifs is 8. The van der Waals surface area contributed by atoms with Crippen LogP contribution in [0.25, 0.3) is 0 Å². The molecule has 0 saturated heterocycles. The Balaban J connectivity index is 1.55. The average molecular weight is 1170 g/mol. The molecular weight excluding hydrogens is 1080 g/mol. The zero-order valence-corrected chi connectivity index (χ0v) is 54.9. The number of aromatic nitrogens is 1. The number of hydrogen-bond donors (Lipinski definition) is 0. The van der Waals surface area contributed by atoms with Gasteiger partial charge in [0.2, 0.25) is 0 Å². The van der Waals surface area contributed by atoms with Gasteiger partial charge < -0.3 is 18.9 Å². The Morgan fingerprint density at radius 1 is 0.410 bits per heavy atom. The van der Waals surface area contributed by atoms with Crippen molar-refractivity contribution >= 4 is 70.6 Å². The SMILES string of the molecule is CCCCCCCCOc1c2cc(C(C)(C)C)cc1Sc1cc(C(C)(C)C)cc3c1OCCSCc1cccc(n1)CSCCOc1c(cc(C(C)(C)C)cc1Sc1cc(C(C)(C)C)cc(c1OCCCCCCCC)S3)S2. The van der Waals surface area contributed by atoms with Gasteiger partial charge in [0.25, 0.3) is 0 Å². The van der Waals surface area contributed by atoms with Crippen LogP contribution in [-0.2, 0) is 33.2 Å². The van der Waals surface area contributed by atoms with E-state index in [1.807, 2.05) is 70.6 Å². The molecule has 12 bridgehead atoms. The molecule has 0 spiro atoms. The van der Waals surface area contributed by atoms with Crippen LogP contribution in [0.3, 0.4) is 0 Å². The largest absolute Gasteiger partial charge is 0.491 e. The number of unbranched alkanes of at least 4 members (excludes halogenated alkanes) is 10. The molecule has 0 aliphatic carbocycles. The molecular formula is C67H93NO4S6. The second-order valence-electron chi connectivity index (χ2n) is 25.3. The van der Waals surface area contributed by atoms with E-state index in [1.54, 1.807) is 0 Å². The molecule has 8 rings (SSSR count). The maximum atomic E-state index is 7.31. The highest BCUT2D eigenvalue weighted by Crippen LogP contribution is 2.56. The lowest BCUT2D eigenvalue weighted by Gasteiger charge is -2.28. The lowest BCUT2D eigenvalue weighted by molar-refractivity contribution is 0.290. The lowest BCUT2D eigenvalue weighted by atomic mass is 9.87. The fourth-order valence-electron chi connectivity index (χ4n) is 9.25. The third kappa shape index (κ3) is 18.2. The highest BCUT2D eigenvalue weighted by Gasteiger charge is 2.31. The van der Waals surface area contributed by atoms with Crippen molar-refractivity contribution in [1.82, 2.24) is 4.98 Å². The summed E-state index contributed by atoms with van der Waals surface area (Å²) in [5.41, 5.74) is 6.69. The van der Waals surface area contributed by atoms with E-state index in [4.69, 9.17) is 23.9 Å². The first-order chi connectivity index (χ1) is 37.1. The molecule has 4 heterocycles. The number of ether oxygens (including phenoxy) is 4. The van der Waals surface area contributed by atoms with Crippen LogP contribution in [-0.4, -0.2) is 42.9 Å². The molecule has 0 N–H and O–H groups in total. The van der Waals surface area contributed by atoms with Gasteiger partial charge in [0.15, 0.2) is 0 Å². The molecule has 4 aromatic carbocycles. The van der Waals surface area contributed by atoms with E-state index in [0.717, 1.165) is 122 Å². The van der Waals surface area contributed by atoms with Gasteiger partial charge in [-0.15, -0.1) is 0 Å². The van der Waals surface area contributed by atoms with Crippen molar-refractivity contribution in [3.63, 3.8) is 0 Å². The second-order valence-corrected chi connectivity index (χ2v) is 31.8. The molecule has 5 aromatic rings. The standard InChI is InChI=1S/C67H93NO4S6/c1-15-17-19-21-23-25-30-69-60-52-36-46(64(3,4)5)37-53(60)76-57-41-49(67(12,13)14)43-59-63(57)72-33-35-74-45-51-29-27-28-50(68-51)44-73-34-32-71-62-56(75-52)40-48(66(9,10)11)42-58(62)77-54-38-47(65(6,7)8)39-55(78-59)61(54)70-31-26-24-22-20-18-16-2/h27-29,36-43H,15-26,30-35,44-45H2,1-14H3. The van der Waals surface area contributed by atoms with Crippen molar-refractivity contribution in [2.24, 2.45) is 0 Å². The van der Waals surface area contributed by atoms with E-state index in [2.05, 4.69) is 164 Å². The van der Waals surface area contributed by atoms with Gasteiger partial charge in [-0.2, -0.15) is 23.5 Å². The van der Waals surface area contributed by atoms with Gasteiger partial charge in [-0.05, 0) is 117 Å². The van der Waals surface area contributed by atoms with Gasteiger partial charge in [-0.1, -0.05) is 214 Å². The summed E-state index contributed by atoms with van der Waals surface area (Å²) in [7, 11) is 0. The highest BCUT2D eigenvalue weighted by atomic mass is 32.2. The molecule has 0 saturated carbocycles. The first kappa shape index (κ1) is 62.9.